The van der Waals surface area contributed by atoms with Crippen molar-refractivity contribution in [3.63, 3.8) is 0 Å². The number of carbonyl (C=O) groups is 2. The highest BCUT2D eigenvalue weighted by Gasteiger charge is 2.43. The minimum absolute atomic E-state index is 0.00546. The Balaban J connectivity index is 0.000000152. The molecule has 3 heterocycles. The van der Waals surface area contributed by atoms with E-state index in [-0.39, 0.29) is 17.3 Å². The summed E-state index contributed by atoms with van der Waals surface area (Å²) in [4.78, 5) is 47.5. The average Bonchev–Trinajstić information content (AvgIpc) is 3.53. The Hall–Kier alpha value is -1.65. The first-order chi connectivity index (χ1) is 14.2. The van der Waals surface area contributed by atoms with Gasteiger partial charge < -0.3 is 19.2 Å². The van der Waals surface area contributed by atoms with Crippen LogP contribution in [0.2, 0.25) is 0 Å². The lowest BCUT2D eigenvalue weighted by Crippen LogP contribution is -2.29. The van der Waals surface area contributed by atoms with Gasteiger partial charge in [0.15, 0.2) is 0 Å². The van der Waals surface area contributed by atoms with Crippen molar-refractivity contribution in [3.8, 4) is 5.75 Å². The molecule has 160 valence electrons. The minimum Gasteiger partial charge on any atom is -0.403 e. The molecule has 0 aromatic heterocycles. The lowest BCUT2D eigenvalue weighted by Gasteiger charge is -2.21. The molecular weight excluding hydrogens is 545 g/mol. The minimum atomic E-state index is -4.49. The van der Waals surface area contributed by atoms with Crippen LogP contribution in [0.4, 0.5) is 0 Å². The first kappa shape index (κ1) is 21.6. The maximum atomic E-state index is 12.4. The molecule has 0 bridgehead atoms. The lowest BCUT2D eigenvalue weighted by atomic mass is 10.0. The monoisotopic (exact) mass is 561 g/mol. The van der Waals surface area contributed by atoms with Crippen molar-refractivity contribution < 1.29 is 28.5 Å². The molecule has 3 saturated heterocycles. The summed E-state index contributed by atoms with van der Waals surface area (Å²) >= 11 is 6.29. The second-order valence-corrected chi connectivity index (χ2v) is 9.83. The van der Waals surface area contributed by atoms with Crippen LogP contribution in [0, 0.1) is 0 Å². The van der Waals surface area contributed by atoms with Crippen LogP contribution in [0.15, 0.2) is 50.3 Å². The van der Waals surface area contributed by atoms with E-state index >= 15 is 0 Å². The van der Waals surface area contributed by atoms with Gasteiger partial charge in [-0.1, -0.05) is 6.07 Å². The number of hydrogen-bond donors (Lipinski definition) is 2. The quantitative estimate of drug-likeness (QED) is 0.316. The zero-order chi connectivity index (χ0) is 21.6. The number of ketones is 2. The van der Waals surface area contributed by atoms with Crippen molar-refractivity contribution in [2.45, 2.75) is 0 Å². The van der Waals surface area contributed by atoms with Crippen LogP contribution in [0.5, 0.6) is 5.75 Å². The van der Waals surface area contributed by atoms with Crippen LogP contribution in [-0.4, -0.2) is 75.3 Å². The van der Waals surface area contributed by atoms with Gasteiger partial charge in [0, 0.05) is 49.8 Å². The molecule has 5 rings (SSSR count). The molecule has 0 radical (unpaired) electrons. The van der Waals surface area contributed by atoms with Gasteiger partial charge in [0.05, 0.1) is 10.2 Å². The van der Waals surface area contributed by atoms with Crippen molar-refractivity contribution in [1.29, 1.82) is 0 Å². The van der Waals surface area contributed by atoms with Crippen LogP contribution in [-0.2, 0) is 14.2 Å². The molecule has 12 heteroatoms. The third-order valence-corrected chi connectivity index (χ3v) is 7.07. The zero-order valence-corrected chi connectivity index (χ0v) is 19.7. The van der Waals surface area contributed by atoms with Gasteiger partial charge >= 0.3 is 7.82 Å². The third kappa shape index (κ3) is 4.97. The Morgan fingerprint density at radius 1 is 0.900 bits per heavy atom. The van der Waals surface area contributed by atoms with E-state index in [1.54, 1.807) is 12.1 Å². The number of allylic oxidation sites excluding steroid dienone is 1. The van der Waals surface area contributed by atoms with E-state index < -0.39 is 7.82 Å². The van der Waals surface area contributed by atoms with Gasteiger partial charge in [0.25, 0.3) is 0 Å². The Morgan fingerprint density at radius 3 is 2.00 bits per heavy atom. The van der Waals surface area contributed by atoms with Gasteiger partial charge in [0.1, 0.15) is 17.1 Å². The van der Waals surface area contributed by atoms with Gasteiger partial charge in [-0.3, -0.25) is 19.4 Å². The summed E-state index contributed by atoms with van der Waals surface area (Å²) in [5.41, 5.74) is 1.89. The predicted octanol–water partition coefficient (Wildman–Crippen LogP) is 1.86. The molecule has 3 aliphatic heterocycles. The van der Waals surface area contributed by atoms with Crippen LogP contribution < -0.4 is 4.52 Å². The number of benzene rings is 1. The number of Topliss-reactive ketones (excluding diaryl/α,β-unsaturated/α-hetero) is 1. The number of rotatable bonds is 5. The second kappa shape index (κ2) is 8.12. The lowest BCUT2D eigenvalue weighted by molar-refractivity contribution is -0.117. The highest BCUT2D eigenvalue weighted by molar-refractivity contribution is 9.13. The number of carbonyl (C=O) groups excluding carboxylic acids is 2. The van der Waals surface area contributed by atoms with E-state index in [2.05, 4.69) is 36.4 Å². The van der Waals surface area contributed by atoms with Gasteiger partial charge in [-0.05, 0) is 44.0 Å². The Labute approximate surface area is 189 Å². The molecule has 2 N–H and O–H groups in total. The van der Waals surface area contributed by atoms with Gasteiger partial charge in [0.2, 0.25) is 11.6 Å². The first-order valence-electron chi connectivity index (χ1n) is 9.15. The van der Waals surface area contributed by atoms with E-state index in [0.29, 0.717) is 26.0 Å². The fourth-order valence-corrected chi connectivity index (χ4v) is 4.18. The zero-order valence-electron chi connectivity index (χ0n) is 15.6. The van der Waals surface area contributed by atoms with E-state index in [1.165, 1.54) is 12.1 Å². The second-order valence-electron chi connectivity index (χ2n) is 7.02. The van der Waals surface area contributed by atoms with E-state index in [1.807, 2.05) is 14.7 Å². The van der Waals surface area contributed by atoms with Crippen LogP contribution in [0.25, 0.3) is 0 Å². The highest BCUT2D eigenvalue weighted by atomic mass is 79.9. The maximum absolute atomic E-state index is 12.4. The molecule has 9 nitrogen and oxygen atoms in total. The third-order valence-electron chi connectivity index (χ3n) is 4.62. The van der Waals surface area contributed by atoms with Crippen molar-refractivity contribution in [2.24, 2.45) is 0 Å². The Morgan fingerprint density at radius 2 is 1.47 bits per heavy atom. The number of nitrogens with zero attached hydrogens (tertiary/aromatic N) is 3. The average molecular weight is 563 g/mol. The molecule has 3 fully saturated rings. The predicted molar refractivity (Wildman–Crippen MR) is 114 cm³/mol. The van der Waals surface area contributed by atoms with Crippen LogP contribution in [0.3, 0.4) is 0 Å². The smallest absolute Gasteiger partial charge is 0.403 e. The summed E-state index contributed by atoms with van der Waals surface area (Å²) in [7, 11) is -4.49. The van der Waals surface area contributed by atoms with E-state index in [0.717, 1.165) is 39.3 Å². The normalized spacial score (nSPS) is 20.0. The summed E-state index contributed by atoms with van der Waals surface area (Å²) in [6.07, 6.45) is 1.52. The molecule has 1 aromatic carbocycles. The summed E-state index contributed by atoms with van der Waals surface area (Å²) in [6.45, 7) is 5.41. The molecule has 1 aliphatic carbocycles. The fourth-order valence-electron chi connectivity index (χ4n) is 2.96. The molecule has 1 aromatic rings. The largest absolute Gasteiger partial charge is 0.524 e. The summed E-state index contributed by atoms with van der Waals surface area (Å²) in [6, 6.07) is 4.78. The molecule has 0 saturated carbocycles. The topological polar surface area (TPSA) is 110 Å². The number of halogens is 2. The number of hydrogen-bond acceptors (Lipinski definition) is 7. The van der Waals surface area contributed by atoms with Crippen LogP contribution >= 0.6 is 39.7 Å². The summed E-state index contributed by atoms with van der Waals surface area (Å²) in [5.74, 6) is 0.148. The van der Waals surface area contributed by atoms with Crippen molar-refractivity contribution in [1.82, 2.24) is 14.7 Å². The van der Waals surface area contributed by atoms with Crippen molar-refractivity contribution in [3.05, 3.63) is 50.3 Å². The molecule has 0 unspecified atom stereocenters. The van der Waals surface area contributed by atoms with E-state index in [4.69, 9.17) is 9.79 Å². The Kier molecular flexibility index (Phi) is 5.84. The van der Waals surface area contributed by atoms with Gasteiger partial charge in [-0.2, -0.15) is 0 Å². The molecule has 0 spiro atoms. The van der Waals surface area contributed by atoms with Crippen molar-refractivity contribution in [2.75, 3.05) is 39.3 Å². The molecular formula is C18H18Br2N3O6P. The fraction of sp³-hybridized carbons (Fsp3) is 0.333. The van der Waals surface area contributed by atoms with Gasteiger partial charge in [-0.15, -0.1) is 0 Å². The standard InChI is InChI=1S/C12H13N3O2.C6H5Br2O4P/c16-9-7-8(13-1-2-13)12(17)11(15-5-6-15)10(9)14-3-4-14;7-4-2-1-3-5(6(4)8)12-13(9,10)11/h7H,1-6H2;1-3H,(H2,9,10,11). The molecule has 0 amide bonds. The maximum Gasteiger partial charge on any atom is 0.524 e. The first-order valence-corrected chi connectivity index (χ1v) is 12.3. The summed E-state index contributed by atoms with van der Waals surface area (Å²) < 4.78 is 16.0. The SMILES string of the molecule is O=C1C=C(N2CC2)C(=O)C(N2CC2)=C1N1CC1.O=P(O)(O)Oc1cccc(Br)c1Br. The molecule has 4 aliphatic rings. The number of phosphoric ester groups is 1. The number of phosphoric acid groups is 1. The molecule has 30 heavy (non-hydrogen) atoms. The van der Waals surface area contributed by atoms with E-state index in [9.17, 15) is 14.2 Å². The van der Waals surface area contributed by atoms with Crippen molar-refractivity contribution >= 4 is 51.2 Å². The summed E-state index contributed by atoms with van der Waals surface area (Å²) in [5, 5.41) is 0. The Bertz CT molecular complexity index is 1020. The molecule has 0 atom stereocenters. The van der Waals surface area contributed by atoms with Crippen LogP contribution in [0.1, 0.15) is 0 Å². The van der Waals surface area contributed by atoms with Gasteiger partial charge in [-0.25, -0.2) is 4.57 Å². The highest BCUT2D eigenvalue weighted by Crippen LogP contribution is 2.42.